The zero-order valence-electron chi connectivity index (χ0n) is 25.9. The summed E-state index contributed by atoms with van der Waals surface area (Å²) in [7, 11) is 11.4. The molecule has 0 amide bonds. The van der Waals surface area contributed by atoms with E-state index in [2.05, 4.69) is 6.07 Å². The van der Waals surface area contributed by atoms with Crippen LogP contribution in [-0.4, -0.2) is 49.8 Å². The number of aryl methyl sites for hydroxylation is 4. The predicted molar refractivity (Wildman–Crippen MR) is 167 cm³/mol. The van der Waals surface area contributed by atoms with Crippen LogP contribution in [0, 0.1) is 0 Å². The topological polar surface area (TPSA) is 73.8 Å². The van der Waals surface area contributed by atoms with Gasteiger partial charge in [0.15, 0.2) is 23.0 Å². The Labute approximate surface area is 254 Å². The zero-order chi connectivity index (χ0) is 30.8. The van der Waals surface area contributed by atoms with Crippen molar-refractivity contribution in [3.05, 3.63) is 89.0 Å². The van der Waals surface area contributed by atoms with Gasteiger partial charge in [0.05, 0.1) is 49.8 Å². The van der Waals surface area contributed by atoms with Crippen LogP contribution in [0.1, 0.15) is 22.3 Å². The van der Waals surface area contributed by atoms with Crippen LogP contribution in [0.4, 0.5) is 0 Å². The van der Waals surface area contributed by atoms with Gasteiger partial charge in [-0.25, -0.2) is 0 Å². The summed E-state index contributed by atoms with van der Waals surface area (Å²) in [6, 6.07) is 21.7. The summed E-state index contributed by atoms with van der Waals surface area (Å²) in [5.41, 5.74) is 4.24. The van der Waals surface area contributed by atoms with Crippen molar-refractivity contribution in [2.75, 3.05) is 49.8 Å². The van der Waals surface area contributed by atoms with E-state index >= 15 is 0 Å². The number of hydrogen-bond acceptors (Lipinski definition) is 8. The van der Waals surface area contributed by atoms with Crippen LogP contribution in [-0.2, 0) is 25.7 Å². The molecule has 4 aromatic carbocycles. The molecule has 0 aliphatic heterocycles. The van der Waals surface area contributed by atoms with Gasteiger partial charge in [0.2, 0.25) is 5.75 Å². The molecule has 0 atom stereocenters. The van der Waals surface area contributed by atoms with Crippen LogP contribution in [0.3, 0.4) is 0 Å². The molecule has 0 unspecified atom stereocenters. The second kappa shape index (κ2) is 15.0. The maximum Gasteiger partial charge on any atom is 0.203 e. The summed E-state index contributed by atoms with van der Waals surface area (Å²) in [5.74, 6) is 5.71. The van der Waals surface area contributed by atoms with Gasteiger partial charge in [-0.05, 0) is 90.4 Å². The third-order valence-electron chi connectivity index (χ3n) is 7.22. The van der Waals surface area contributed by atoms with E-state index in [4.69, 9.17) is 37.9 Å². The van der Waals surface area contributed by atoms with Crippen molar-refractivity contribution in [2.24, 2.45) is 0 Å². The first-order chi connectivity index (χ1) is 20.9. The fourth-order valence-corrected chi connectivity index (χ4v) is 4.94. The molecule has 4 aromatic rings. The van der Waals surface area contributed by atoms with Gasteiger partial charge in [0.1, 0.15) is 23.0 Å². The maximum absolute atomic E-state index is 6.51. The molecular weight excluding hydrogens is 548 g/mol. The first-order valence-electron chi connectivity index (χ1n) is 14.0. The number of benzene rings is 4. The van der Waals surface area contributed by atoms with Crippen LogP contribution in [0.5, 0.6) is 51.7 Å². The van der Waals surface area contributed by atoms with E-state index in [1.165, 1.54) is 0 Å². The van der Waals surface area contributed by atoms with Crippen LogP contribution in [0.2, 0.25) is 0 Å². The minimum Gasteiger partial charge on any atom is -0.497 e. The Hall–Kier alpha value is -4.72. The Bertz CT molecular complexity index is 1490. The third-order valence-corrected chi connectivity index (χ3v) is 7.22. The highest BCUT2D eigenvalue weighted by atomic mass is 16.5. The summed E-state index contributed by atoms with van der Waals surface area (Å²) in [4.78, 5) is 0. The van der Waals surface area contributed by atoms with Gasteiger partial charge in [0.25, 0.3) is 0 Å². The fraction of sp³-hybridized carbons (Fsp3) is 0.314. The van der Waals surface area contributed by atoms with Gasteiger partial charge < -0.3 is 37.9 Å². The van der Waals surface area contributed by atoms with Gasteiger partial charge in [-0.3, -0.25) is 0 Å². The Morgan fingerprint density at radius 3 is 1.58 bits per heavy atom. The highest BCUT2D eigenvalue weighted by Gasteiger charge is 2.19. The lowest BCUT2D eigenvalue weighted by Crippen LogP contribution is -2.01. The molecule has 228 valence electrons. The van der Waals surface area contributed by atoms with Crippen molar-refractivity contribution in [2.45, 2.75) is 25.7 Å². The first-order valence-corrected chi connectivity index (χ1v) is 14.0. The van der Waals surface area contributed by atoms with Crippen molar-refractivity contribution in [1.82, 2.24) is 0 Å². The average Bonchev–Trinajstić information content (AvgIpc) is 3.05. The zero-order valence-corrected chi connectivity index (χ0v) is 25.9. The Morgan fingerprint density at radius 2 is 0.977 bits per heavy atom. The van der Waals surface area contributed by atoms with E-state index in [0.29, 0.717) is 28.7 Å². The Balaban J connectivity index is 1.64. The van der Waals surface area contributed by atoms with E-state index in [0.717, 1.165) is 70.9 Å². The number of hydrogen-bond donors (Lipinski definition) is 0. The fourth-order valence-electron chi connectivity index (χ4n) is 4.94. The van der Waals surface area contributed by atoms with E-state index in [-0.39, 0.29) is 0 Å². The molecule has 8 heteroatoms. The summed E-state index contributed by atoms with van der Waals surface area (Å²) in [5, 5.41) is 0. The number of rotatable bonds is 15. The lowest BCUT2D eigenvalue weighted by Gasteiger charge is -2.19. The van der Waals surface area contributed by atoms with Gasteiger partial charge >= 0.3 is 0 Å². The maximum atomic E-state index is 6.51. The molecule has 43 heavy (non-hydrogen) atoms. The summed E-state index contributed by atoms with van der Waals surface area (Å²) < 4.78 is 45.6. The van der Waals surface area contributed by atoms with Crippen LogP contribution >= 0.6 is 0 Å². The minimum absolute atomic E-state index is 0.491. The van der Waals surface area contributed by atoms with Crippen molar-refractivity contribution in [1.29, 1.82) is 0 Å². The highest BCUT2D eigenvalue weighted by molar-refractivity contribution is 5.58. The monoisotopic (exact) mass is 588 g/mol. The Morgan fingerprint density at radius 1 is 0.395 bits per heavy atom. The van der Waals surface area contributed by atoms with E-state index in [9.17, 15) is 0 Å². The van der Waals surface area contributed by atoms with Crippen LogP contribution < -0.4 is 37.9 Å². The second-order valence-electron chi connectivity index (χ2n) is 9.82. The summed E-state index contributed by atoms with van der Waals surface area (Å²) in [6.07, 6.45) is 2.99. The molecule has 0 heterocycles. The van der Waals surface area contributed by atoms with E-state index in [1.807, 2.05) is 60.7 Å². The van der Waals surface area contributed by atoms with Gasteiger partial charge in [0, 0.05) is 12.1 Å². The molecule has 8 nitrogen and oxygen atoms in total. The molecule has 0 saturated carbocycles. The van der Waals surface area contributed by atoms with E-state index < -0.39 is 0 Å². The second-order valence-corrected chi connectivity index (χ2v) is 9.82. The molecule has 0 bridgehead atoms. The van der Waals surface area contributed by atoms with Gasteiger partial charge in [-0.1, -0.05) is 12.1 Å². The van der Waals surface area contributed by atoms with Gasteiger partial charge in [-0.2, -0.15) is 0 Å². The molecular formula is C35H40O8. The highest BCUT2D eigenvalue weighted by Crippen LogP contribution is 2.44. The number of methoxy groups -OCH3 is 7. The summed E-state index contributed by atoms with van der Waals surface area (Å²) >= 11 is 0. The minimum atomic E-state index is 0.491. The lowest BCUT2D eigenvalue weighted by molar-refractivity contribution is 0.328. The lowest BCUT2D eigenvalue weighted by atomic mass is 10.0. The molecule has 0 spiro atoms. The van der Waals surface area contributed by atoms with Crippen molar-refractivity contribution in [3.8, 4) is 51.7 Å². The summed E-state index contributed by atoms with van der Waals surface area (Å²) in [6.45, 7) is 0. The molecule has 0 fully saturated rings. The Kier molecular flexibility index (Phi) is 10.9. The van der Waals surface area contributed by atoms with Crippen molar-refractivity contribution < 1.29 is 37.9 Å². The smallest absolute Gasteiger partial charge is 0.203 e. The predicted octanol–water partition coefficient (Wildman–Crippen LogP) is 7.11. The van der Waals surface area contributed by atoms with Crippen LogP contribution in [0.15, 0.2) is 66.7 Å². The molecule has 4 rings (SSSR count). The molecule has 0 aromatic heterocycles. The number of ether oxygens (including phenoxy) is 8. The van der Waals surface area contributed by atoms with Crippen molar-refractivity contribution >= 4 is 0 Å². The van der Waals surface area contributed by atoms with E-state index in [1.54, 1.807) is 49.8 Å². The normalized spacial score (nSPS) is 10.6. The van der Waals surface area contributed by atoms with Gasteiger partial charge in [-0.15, -0.1) is 0 Å². The van der Waals surface area contributed by atoms with Crippen LogP contribution in [0.25, 0.3) is 0 Å². The molecule has 0 radical (unpaired) electrons. The third kappa shape index (κ3) is 7.77. The molecule has 0 aliphatic carbocycles. The quantitative estimate of drug-likeness (QED) is 0.146. The standard InChI is InChI=1S/C35H40O8/c1-36-27-10-8-9-23(15-27)13-14-26-20-32(31(40-5)22-30(26)39-4)43-34-19-25(18-33(41-6)35(34)42-7)12-11-24-16-28(37-2)21-29(17-24)38-3/h8-10,15-22H,11-14H2,1-7H3. The SMILES string of the molecule is COc1cccc(CCc2cc(Oc3cc(CCc4cc(OC)cc(OC)c4)cc(OC)c3OC)c(OC)cc2OC)c1. The molecule has 0 N–H and O–H groups in total. The van der Waals surface area contributed by atoms with Crippen molar-refractivity contribution in [3.63, 3.8) is 0 Å². The molecule has 0 aliphatic rings. The first kappa shape index (κ1) is 31.2. The average molecular weight is 589 g/mol. The largest absolute Gasteiger partial charge is 0.497 e. The molecule has 0 saturated heterocycles.